The minimum absolute atomic E-state index is 0.621. The highest BCUT2D eigenvalue weighted by atomic mass is 79.9. The van der Waals surface area contributed by atoms with E-state index in [-0.39, 0.29) is 0 Å². The Balaban J connectivity index is 1.87. The highest BCUT2D eigenvalue weighted by Gasteiger charge is 2.32. The number of halogens is 1. The number of hydrogen-bond acceptors (Lipinski definition) is 1. The smallest absolute Gasteiger partial charge is 0.0100 e. The lowest BCUT2D eigenvalue weighted by atomic mass is 9.75. The second kappa shape index (κ2) is 5.67. The molecule has 0 spiro atoms. The maximum Gasteiger partial charge on any atom is 0.0100 e. The van der Waals surface area contributed by atoms with Crippen LogP contribution in [0.1, 0.15) is 51.4 Å². The van der Waals surface area contributed by atoms with Gasteiger partial charge in [-0.15, -0.1) is 0 Å². The Morgan fingerprint density at radius 3 is 2.07 bits per heavy atom. The van der Waals surface area contributed by atoms with Gasteiger partial charge in [-0.05, 0) is 44.2 Å². The molecule has 2 aliphatic rings. The monoisotopic (exact) mass is 273 g/mol. The Kier molecular flexibility index (Phi) is 4.51. The molecule has 0 aromatic rings. The van der Waals surface area contributed by atoms with E-state index in [1.807, 2.05) is 0 Å². The summed E-state index contributed by atoms with van der Waals surface area (Å²) in [7, 11) is 0. The lowest BCUT2D eigenvalue weighted by Gasteiger charge is -2.41. The predicted molar refractivity (Wildman–Crippen MR) is 69.6 cm³/mol. The van der Waals surface area contributed by atoms with E-state index in [9.17, 15) is 0 Å². The molecule has 1 aliphatic heterocycles. The average Bonchev–Trinajstić information content (AvgIpc) is 2.32. The number of nitrogens with zero attached hydrogens (tertiary/aromatic N) is 1. The average molecular weight is 274 g/mol. The van der Waals surface area contributed by atoms with Crippen LogP contribution in [0.15, 0.2) is 0 Å². The van der Waals surface area contributed by atoms with Gasteiger partial charge in [0.25, 0.3) is 0 Å². The van der Waals surface area contributed by atoms with Crippen LogP contribution in [0.2, 0.25) is 0 Å². The molecule has 0 N–H and O–H groups in total. The molecule has 0 bridgehead atoms. The molecule has 0 aromatic heterocycles. The third kappa shape index (κ3) is 3.20. The van der Waals surface area contributed by atoms with Gasteiger partial charge in [0, 0.05) is 11.9 Å². The van der Waals surface area contributed by atoms with Crippen molar-refractivity contribution in [1.29, 1.82) is 0 Å². The second-order valence-electron chi connectivity index (χ2n) is 5.53. The number of hydrogen-bond donors (Lipinski definition) is 0. The van der Waals surface area contributed by atoms with Crippen LogP contribution >= 0.6 is 15.9 Å². The van der Waals surface area contributed by atoms with Gasteiger partial charge in [-0.2, -0.15) is 0 Å². The first-order chi connectivity index (χ1) is 7.35. The first kappa shape index (κ1) is 11.9. The van der Waals surface area contributed by atoms with Gasteiger partial charge >= 0.3 is 0 Å². The number of rotatable bonds is 3. The van der Waals surface area contributed by atoms with Crippen LogP contribution in [0.25, 0.3) is 0 Å². The second-order valence-corrected chi connectivity index (χ2v) is 6.09. The van der Waals surface area contributed by atoms with Gasteiger partial charge in [-0.1, -0.05) is 41.6 Å². The van der Waals surface area contributed by atoms with Crippen LogP contribution in [0.4, 0.5) is 0 Å². The molecule has 1 saturated heterocycles. The zero-order valence-electron chi connectivity index (χ0n) is 9.81. The van der Waals surface area contributed by atoms with Crippen molar-refractivity contribution in [3.8, 4) is 0 Å². The largest absolute Gasteiger partial charge is 0.303 e. The predicted octanol–water partition coefficient (Wildman–Crippen LogP) is 3.82. The highest BCUT2D eigenvalue weighted by Crippen LogP contribution is 2.38. The topological polar surface area (TPSA) is 3.24 Å². The number of piperidine rings is 1. The van der Waals surface area contributed by atoms with Crippen molar-refractivity contribution < 1.29 is 0 Å². The van der Waals surface area contributed by atoms with E-state index >= 15 is 0 Å². The Bertz CT molecular complexity index is 181. The Labute approximate surface area is 103 Å². The van der Waals surface area contributed by atoms with E-state index < -0.39 is 0 Å². The van der Waals surface area contributed by atoms with Crippen LogP contribution in [0.5, 0.6) is 0 Å². The zero-order chi connectivity index (χ0) is 10.6. The van der Waals surface area contributed by atoms with Gasteiger partial charge in [-0.25, -0.2) is 0 Å². The zero-order valence-corrected chi connectivity index (χ0v) is 11.4. The van der Waals surface area contributed by atoms with E-state index in [0.717, 1.165) is 0 Å². The molecule has 0 aromatic carbocycles. The first-order valence-electron chi connectivity index (χ1n) is 6.63. The van der Waals surface area contributed by atoms with Gasteiger partial charge in [0.1, 0.15) is 0 Å². The lowest BCUT2D eigenvalue weighted by Crippen LogP contribution is -2.42. The van der Waals surface area contributed by atoms with E-state index in [1.54, 1.807) is 0 Å². The van der Waals surface area contributed by atoms with Crippen molar-refractivity contribution in [1.82, 2.24) is 4.90 Å². The number of likely N-dealkylation sites (tertiary alicyclic amines) is 1. The summed E-state index contributed by atoms with van der Waals surface area (Å²) >= 11 is 3.77. The van der Waals surface area contributed by atoms with Crippen LogP contribution < -0.4 is 0 Å². The van der Waals surface area contributed by atoms with Gasteiger partial charge in [-0.3, -0.25) is 0 Å². The first-order valence-corrected chi connectivity index (χ1v) is 7.75. The molecular formula is C13H24BrN. The standard InChI is InChI=1S/C13H24BrN/c14-11-13(7-3-1-4-8-13)12-15-9-5-2-6-10-15/h1-12H2. The summed E-state index contributed by atoms with van der Waals surface area (Å²) in [6, 6.07) is 0. The van der Waals surface area contributed by atoms with Crippen molar-refractivity contribution in [3.05, 3.63) is 0 Å². The molecule has 1 heterocycles. The molecule has 88 valence electrons. The van der Waals surface area contributed by atoms with Crippen molar-refractivity contribution >= 4 is 15.9 Å². The van der Waals surface area contributed by atoms with Gasteiger partial charge < -0.3 is 4.90 Å². The van der Waals surface area contributed by atoms with Crippen molar-refractivity contribution in [3.63, 3.8) is 0 Å². The quantitative estimate of drug-likeness (QED) is 0.707. The van der Waals surface area contributed by atoms with E-state index in [2.05, 4.69) is 20.8 Å². The summed E-state index contributed by atoms with van der Waals surface area (Å²) in [6.45, 7) is 4.07. The Morgan fingerprint density at radius 1 is 0.867 bits per heavy atom. The maximum atomic E-state index is 3.77. The van der Waals surface area contributed by atoms with Gasteiger partial charge in [0.05, 0.1) is 0 Å². The molecule has 0 unspecified atom stereocenters. The summed E-state index contributed by atoms with van der Waals surface area (Å²) in [6.07, 6.45) is 11.6. The summed E-state index contributed by atoms with van der Waals surface area (Å²) in [5.41, 5.74) is 0.621. The fraction of sp³-hybridized carbons (Fsp3) is 1.00. The molecule has 0 amide bonds. The molecule has 1 saturated carbocycles. The van der Waals surface area contributed by atoms with Crippen LogP contribution in [-0.2, 0) is 0 Å². The molecular weight excluding hydrogens is 250 g/mol. The molecule has 2 rings (SSSR count). The summed E-state index contributed by atoms with van der Waals surface area (Å²) in [5.74, 6) is 0. The summed E-state index contributed by atoms with van der Waals surface area (Å²) in [5, 5.41) is 1.22. The van der Waals surface area contributed by atoms with Crippen molar-refractivity contribution in [2.45, 2.75) is 51.4 Å². The van der Waals surface area contributed by atoms with Gasteiger partial charge in [0.2, 0.25) is 0 Å². The normalized spacial score (nSPS) is 27.8. The molecule has 0 radical (unpaired) electrons. The van der Waals surface area contributed by atoms with E-state index in [1.165, 1.54) is 76.3 Å². The van der Waals surface area contributed by atoms with Crippen LogP contribution in [0, 0.1) is 5.41 Å². The molecule has 1 nitrogen and oxygen atoms in total. The Morgan fingerprint density at radius 2 is 1.47 bits per heavy atom. The van der Waals surface area contributed by atoms with E-state index in [4.69, 9.17) is 0 Å². The highest BCUT2D eigenvalue weighted by molar-refractivity contribution is 9.09. The van der Waals surface area contributed by atoms with E-state index in [0.29, 0.717) is 5.41 Å². The third-order valence-corrected chi connectivity index (χ3v) is 5.39. The molecule has 15 heavy (non-hydrogen) atoms. The molecule has 2 fully saturated rings. The summed E-state index contributed by atoms with van der Waals surface area (Å²) in [4.78, 5) is 2.72. The molecule has 1 aliphatic carbocycles. The summed E-state index contributed by atoms with van der Waals surface area (Å²) < 4.78 is 0. The minimum atomic E-state index is 0.621. The Hall–Kier alpha value is 0.440. The third-order valence-electron chi connectivity index (χ3n) is 4.21. The number of alkyl halides is 1. The van der Waals surface area contributed by atoms with Gasteiger partial charge in [0.15, 0.2) is 0 Å². The van der Waals surface area contributed by atoms with Crippen LogP contribution in [0.3, 0.4) is 0 Å². The fourth-order valence-electron chi connectivity index (χ4n) is 3.23. The SMILES string of the molecule is BrCC1(CN2CCCCC2)CCCCC1. The maximum absolute atomic E-state index is 3.77. The minimum Gasteiger partial charge on any atom is -0.303 e. The van der Waals surface area contributed by atoms with Crippen molar-refractivity contribution in [2.75, 3.05) is 25.0 Å². The van der Waals surface area contributed by atoms with Crippen LogP contribution in [-0.4, -0.2) is 29.9 Å². The lowest BCUT2D eigenvalue weighted by molar-refractivity contribution is 0.111. The van der Waals surface area contributed by atoms with Crippen molar-refractivity contribution in [2.24, 2.45) is 5.41 Å². The molecule has 2 heteroatoms. The fourth-order valence-corrected chi connectivity index (χ4v) is 3.97. The molecule has 0 atom stereocenters.